The Morgan fingerprint density at radius 2 is 2.26 bits per heavy atom. The maximum Gasteiger partial charge on any atom is 0.159 e. The summed E-state index contributed by atoms with van der Waals surface area (Å²) in [6.45, 7) is 2.78. The van der Waals surface area contributed by atoms with Crippen molar-refractivity contribution in [2.24, 2.45) is 7.05 Å². The molecular weight excluding hydrogens is 282 g/mol. The molecule has 0 amide bonds. The Kier molecular flexibility index (Phi) is 3.28. The monoisotopic (exact) mass is 295 g/mol. The standard InChI is InChI=1S/C12H14ClN5S/c1-3-8-11-12(17(2)16-8)18(9(6-13)15-11)7-10-14-4-5-19-10/h4-5H,3,6-7H2,1-2H3. The molecule has 3 aromatic rings. The van der Waals surface area contributed by atoms with Gasteiger partial charge < -0.3 is 4.57 Å². The van der Waals surface area contributed by atoms with Crippen molar-refractivity contribution in [2.75, 3.05) is 0 Å². The van der Waals surface area contributed by atoms with E-state index in [1.54, 1.807) is 11.3 Å². The van der Waals surface area contributed by atoms with Gasteiger partial charge in [-0.05, 0) is 6.42 Å². The summed E-state index contributed by atoms with van der Waals surface area (Å²) in [5.74, 6) is 1.26. The Morgan fingerprint density at radius 1 is 1.42 bits per heavy atom. The van der Waals surface area contributed by atoms with Crippen LogP contribution in [0.25, 0.3) is 11.2 Å². The highest BCUT2D eigenvalue weighted by atomic mass is 35.5. The predicted octanol–water partition coefficient (Wildman–Crippen LogP) is 2.58. The number of alkyl halides is 1. The van der Waals surface area contributed by atoms with Crippen LogP contribution in [0.2, 0.25) is 0 Å². The summed E-state index contributed by atoms with van der Waals surface area (Å²) >= 11 is 7.65. The Balaban J connectivity index is 2.17. The first kappa shape index (κ1) is 12.6. The van der Waals surface area contributed by atoms with Crippen LogP contribution in [0.3, 0.4) is 0 Å². The van der Waals surface area contributed by atoms with Crippen molar-refractivity contribution in [3.63, 3.8) is 0 Å². The van der Waals surface area contributed by atoms with Gasteiger partial charge in [0.15, 0.2) is 5.65 Å². The molecule has 0 radical (unpaired) electrons. The highest BCUT2D eigenvalue weighted by molar-refractivity contribution is 7.09. The van der Waals surface area contributed by atoms with Crippen molar-refractivity contribution in [2.45, 2.75) is 25.8 Å². The third-order valence-corrected chi connectivity index (χ3v) is 4.11. The van der Waals surface area contributed by atoms with Gasteiger partial charge in [0.1, 0.15) is 16.3 Å². The maximum absolute atomic E-state index is 6.02. The van der Waals surface area contributed by atoms with E-state index in [-0.39, 0.29) is 0 Å². The normalized spacial score (nSPS) is 11.5. The number of rotatable bonds is 4. The van der Waals surface area contributed by atoms with Crippen LogP contribution in [-0.4, -0.2) is 24.3 Å². The molecule has 100 valence electrons. The van der Waals surface area contributed by atoms with Crippen molar-refractivity contribution >= 4 is 34.1 Å². The fraction of sp³-hybridized carbons (Fsp3) is 0.417. The molecule has 19 heavy (non-hydrogen) atoms. The SMILES string of the molecule is CCc1nn(C)c2c1nc(CCl)n2Cc1nccs1. The number of nitrogens with zero attached hydrogens (tertiary/aromatic N) is 5. The summed E-state index contributed by atoms with van der Waals surface area (Å²) in [5.41, 5.74) is 2.99. The van der Waals surface area contributed by atoms with Gasteiger partial charge in [0, 0.05) is 18.6 Å². The summed E-state index contributed by atoms with van der Waals surface area (Å²) < 4.78 is 3.98. The van der Waals surface area contributed by atoms with E-state index < -0.39 is 0 Å². The lowest BCUT2D eigenvalue weighted by Crippen LogP contribution is -2.07. The Morgan fingerprint density at radius 3 is 2.89 bits per heavy atom. The van der Waals surface area contributed by atoms with E-state index in [1.165, 1.54) is 0 Å². The van der Waals surface area contributed by atoms with E-state index in [9.17, 15) is 0 Å². The zero-order valence-electron chi connectivity index (χ0n) is 10.8. The number of aromatic nitrogens is 5. The second-order valence-corrected chi connectivity index (χ2v) is 5.52. The number of fused-ring (bicyclic) bond motifs is 1. The topological polar surface area (TPSA) is 48.5 Å². The third-order valence-electron chi connectivity index (χ3n) is 3.10. The van der Waals surface area contributed by atoms with Crippen LogP contribution in [0.15, 0.2) is 11.6 Å². The highest BCUT2D eigenvalue weighted by Gasteiger charge is 2.18. The molecule has 0 unspecified atom stereocenters. The minimum atomic E-state index is 0.392. The molecule has 3 rings (SSSR count). The van der Waals surface area contributed by atoms with E-state index in [1.807, 2.05) is 23.3 Å². The van der Waals surface area contributed by atoms with E-state index in [0.717, 1.165) is 34.1 Å². The summed E-state index contributed by atoms with van der Waals surface area (Å²) in [5, 5.41) is 7.53. The van der Waals surface area contributed by atoms with Crippen LogP contribution in [-0.2, 0) is 25.9 Å². The average molecular weight is 296 g/mol. The molecule has 3 heterocycles. The van der Waals surface area contributed by atoms with Gasteiger partial charge in [0.2, 0.25) is 0 Å². The minimum Gasteiger partial charge on any atom is -0.305 e. The molecule has 0 saturated heterocycles. The lowest BCUT2D eigenvalue weighted by atomic mass is 10.3. The van der Waals surface area contributed by atoms with Crippen molar-refractivity contribution in [3.05, 3.63) is 28.1 Å². The first-order valence-corrected chi connectivity index (χ1v) is 7.51. The van der Waals surface area contributed by atoms with E-state index in [2.05, 4.69) is 26.6 Å². The average Bonchev–Trinajstić information content (AvgIpc) is 3.09. The smallest absolute Gasteiger partial charge is 0.159 e. The van der Waals surface area contributed by atoms with Crippen molar-refractivity contribution in [1.82, 2.24) is 24.3 Å². The molecule has 0 aliphatic rings. The lowest BCUT2D eigenvalue weighted by Gasteiger charge is -2.05. The molecule has 0 fully saturated rings. The molecule has 0 bridgehead atoms. The maximum atomic E-state index is 6.02. The van der Waals surface area contributed by atoms with E-state index in [0.29, 0.717) is 12.4 Å². The first-order valence-electron chi connectivity index (χ1n) is 6.10. The van der Waals surface area contributed by atoms with Crippen LogP contribution >= 0.6 is 22.9 Å². The van der Waals surface area contributed by atoms with Gasteiger partial charge in [0.05, 0.1) is 18.1 Å². The first-order chi connectivity index (χ1) is 9.24. The number of hydrogen-bond donors (Lipinski definition) is 0. The second-order valence-electron chi connectivity index (χ2n) is 4.27. The minimum absolute atomic E-state index is 0.392. The Hall–Kier alpha value is -1.40. The summed E-state index contributed by atoms with van der Waals surface area (Å²) in [4.78, 5) is 8.95. The molecule has 0 aliphatic heterocycles. The molecule has 0 spiro atoms. The predicted molar refractivity (Wildman–Crippen MR) is 76.7 cm³/mol. The van der Waals surface area contributed by atoms with Crippen LogP contribution in [0.5, 0.6) is 0 Å². The number of halogens is 1. The molecule has 7 heteroatoms. The van der Waals surface area contributed by atoms with Crippen LogP contribution in [0.1, 0.15) is 23.4 Å². The zero-order chi connectivity index (χ0) is 13.4. The molecule has 0 atom stereocenters. The van der Waals surface area contributed by atoms with Crippen molar-refractivity contribution in [3.8, 4) is 0 Å². The second kappa shape index (κ2) is 4.94. The molecule has 5 nitrogen and oxygen atoms in total. The van der Waals surface area contributed by atoms with E-state index in [4.69, 9.17) is 11.6 Å². The summed E-state index contributed by atoms with van der Waals surface area (Å²) in [6, 6.07) is 0. The fourth-order valence-electron chi connectivity index (χ4n) is 2.26. The van der Waals surface area contributed by atoms with E-state index >= 15 is 0 Å². The number of thiazole rings is 1. The zero-order valence-corrected chi connectivity index (χ0v) is 12.4. The van der Waals surface area contributed by atoms with Crippen molar-refractivity contribution in [1.29, 1.82) is 0 Å². The van der Waals surface area contributed by atoms with Gasteiger partial charge in [-0.2, -0.15) is 5.10 Å². The van der Waals surface area contributed by atoms with Gasteiger partial charge in [-0.25, -0.2) is 9.97 Å². The number of aryl methyl sites for hydroxylation is 2. The molecule has 0 N–H and O–H groups in total. The number of hydrogen-bond acceptors (Lipinski definition) is 4. The number of imidazole rings is 1. The Labute approximate surface area is 119 Å². The van der Waals surface area contributed by atoms with Gasteiger partial charge >= 0.3 is 0 Å². The summed E-state index contributed by atoms with van der Waals surface area (Å²) in [7, 11) is 1.94. The lowest BCUT2D eigenvalue weighted by molar-refractivity contribution is 0.696. The quantitative estimate of drug-likeness (QED) is 0.695. The molecule has 0 aliphatic carbocycles. The van der Waals surface area contributed by atoms with Gasteiger partial charge in [-0.3, -0.25) is 4.68 Å². The van der Waals surface area contributed by atoms with Crippen LogP contribution in [0.4, 0.5) is 0 Å². The molecule has 0 saturated carbocycles. The third kappa shape index (κ3) is 2.04. The summed E-state index contributed by atoms with van der Waals surface area (Å²) in [6.07, 6.45) is 2.68. The van der Waals surface area contributed by atoms with Crippen LogP contribution in [0, 0.1) is 0 Å². The molecular formula is C12H14ClN5S. The fourth-order valence-corrected chi connectivity index (χ4v) is 3.07. The van der Waals surface area contributed by atoms with Crippen LogP contribution < -0.4 is 0 Å². The molecule has 0 aromatic carbocycles. The van der Waals surface area contributed by atoms with Gasteiger partial charge in [-0.15, -0.1) is 22.9 Å². The van der Waals surface area contributed by atoms with Gasteiger partial charge in [0.25, 0.3) is 0 Å². The van der Waals surface area contributed by atoms with Crippen molar-refractivity contribution < 1.29 is 0 Å². The largest absolute Gasteiger partial charge is 0.305 e. The molecule has 3 aromatic heterocycles. The Bertz CT molecular complexity index is 697. The highest BCUT2D eigenvalue weighted by Crippen LogP contribution is 2.22. The van der Waals surface area contributed by atoms with Gasteiger partial charge in [-0.1, -0.05) is 6.92 Å².